The Balaban J connectivity index is 0.00000280. The Morgan fingerprint density at radius 1 is 1.25 bits per heavy atom. The lowest BCUT2D eigenvalue weighted by Gasteiger charge is -2.19. The number of ether oxygens (including phenoxy) is 1. The molecule has 0 aromatic heterocycles. The van der Waals surface area contributed by atoms with E-state index in [1.165, 1.54) is 12.8 Å². The van der Waals surface area contributed by atoms with Crippen molar-refractivity contribution in [1.29, 1.82) is 0 Å². The second-order valence-corrected chi connectivity index (χ2v) is 7.38. The Bertz CT molecular complexity index is 664. The maximum atomic E-state index is 11.9. The zero-order chi connectivity index (χ0) is 19.1. The predicted molar refractivity (Wildman–Crippen MR) is 123 cm³/mol. The number of nitrogens with zero attached hydrogens (tertiary/aromatic N) is 2. The third-order valence-corrected chi connectivity index (χ3v) is 5.08. The number of benzene rings is 1. The Hall–Kier alpha value is -1.51. The van der Waals surface area contributed by atoms with E-state index < -0.39 is 0 Å². The van der Waals surface area contributed by atoms with Gasteiger partial charge in [0.15, 0.2) is 5.96 Å². The van der Waals surface area contributed by atoms with Crippen molar-refractivity contribution in [2.45, 2.75) is 52.1 Å². The summed E-state index contributed by atoms with van der Waals surface area (Å²) in [5.41, 5.74) is 1.10. The number of carbonyl (C=O) groups is 1. The maximum absolute atomic E-state index is 11.9. The SMILES string of the molecule is CCNC(=NCc1ccccc1OCC1CC1)NC1CCN(C(=O)CC)C1.I. The summed E-state index contributed by atoms with van der Waals surface area (Å²) in [6, 6.07) is 8.39. The standard InChI is InChI=1S/C21H32N4O2.HI/c1-3-20(26)25-12-11-18(14-25)24-21(22-4-2)23-13-17-7-5-6-8-19(17)27-15-16-9-10-16;/h5-8,16,18H,3-4,9-15H2,1-2H3,(H2,22,23,24);1H. The van der Waals surface area contributed by atoms with Gasteiger partial charge in [-0.2, -0.15) is 0 Å². The molecule has 1 aromatic rings. The first-order valence-electron chi connectivity index (χ1n) is 10.2. The number of para-hydroxylation sites is 1. The molecular formula is C21H33IN4O2. The molecule has 2 fully saturated rings. The molecular weight excluding hydrogens is 467 g/mol. The Morgan fingerprint density at radius 3 is 2.75 bits per heavy atom. The van der Waals surface area contributed by atoms with Crippen molar-refractivity contribution in [3.8, 4) is 5.75 Å². The first-order valence-corrected chi connectivity index (χ1v) is 10.2. The molecule has 1 saturated carbocycles. The summed E-state index contributed by atoms with van der Waals surface area (Å²) in [5.74, 6) is 2.69. The number of hydrogen-bond acceptors (Lipinski definition) is 3. The van der Waals surface area contributed by atoms with Crippen LogP contribution in [0.15, 0.2) is 29.3 Å². The number of amides is 1. The van der Waals surface area contributed by atoms with E-state index in [1.807, 2.05) is 30.0 Å². The minimum Gasteiger partial charge on any atom is -0.493 e. The van der Waals surface area contributed by atoms with Crippen LogP contribution in [0.3, 0.4) is 0 Å². The van der Waals surface area contributed by atoms with Crippen LogP contribution in [0, 0.1) is 5.92 Å². The highest BCUT2D eigenvalue weighted by atomic mass is 127. The van der Waals surface area contributed by atoms with Crippen LogP contribution in [0.5, 0.6) is 5.75 Å². The van der Waals surface area contributed by atoms with E-state index in [-0.39, 0.29) is 35.9 Å². The molecule has 0 radical (unpaired) electrons. The largest absolute Gasteiger partial charge is 0.493 e. The van der Waals surface area contributed by atoms with E-state index >= 15 is 0 Å². The number of hydrogen-bond donors (Lipinski definition) is 2. The van der Waals surface area contributed by atoms with Gasteiger partial charge in [0.1, 0.15) is 5.75 Å². The number of nitrogens with one attached hydrogen (secondary N) is 2. The zero-order valence-electron chi connectivity index (χ0n) is 16.9. The summed E-state index contributed by atoms with van der Waals surface area (Å²) in [4.78, 5) is 18.6. The van der Waals surface area contributed by atoms with Crippen molar-refractivity contribution < 1.29 is 9.53 Å². The summed E-state index contributed by atoms with van der Waals surface area (Å²) in [5, 5.41) is 6.79. The number of guanidine groups is 1. The third-order valence-electron chi connectivity index (χ3n) is 5.08. The molecule has 7 heteroatoms. The van der Waals surface area contributed by atoms with E-state index in [0.29, 0.717) is 13.0 Å². The molecule has 1 aromatic carbocycles. The average Bonchev–Trinajstić information content (AvgIpc) is 3.41. The molecule has 2 N–H and O–H groups in total. The van der Waals surface area contributed by atoms with Gasteiger partial charge in [0.05, 0.1) is 13.2 Å². The van der Waals surface area contributed by atoms with Crippen LogP contribution in [0.25, 0.3) is 0 Å². The average molecular weight is 500 g/mol. The second-order valence-electron chi connectivity index (χ2n) is 7.38. The highest BCUT2D eigenvalue weighted by Crippen LogP contribution is 2.30. The minimum atomic E-state index is 0. The van der Waals surface area contributed by atoms with E-state index in [0.717, 1.165) is 55.9 Å². The summed E-state index contributed by atoms with van der Waals surface area (Å²) in [6.45, 7) is 7.72. The van der Waals surface area contributed by atoms with Crippen molar-refractivity contribution in [3.63, 3.8) is 0 Å². The topological polar surface area (TPSA) is 66.0 Å². The van der Waals surface area contributed by atoms with Gasteiger partial charge in [-0.3, -0.25) is 4.79 Å². The van der Waals surface area contributed by atoms with Gasteiger partial charge in [-0.15, -0.1) is 24.0 Å². The number of halogens is 1. The van der Waals surface area contributed by atoms with E-state index in [4.69, 9.17) is 9.73 Å². The van der Waals surface area contributed by atoms with E-state index in [2.05, 4.69) is 23.6 Å². The van der Waals surface area contributed by atoms with Crippen molar-refractivity contribution in [2.24, 2.45) is 10.9 Å². The fraction of sp³-hybridized carbons (Fsp3) is 0.619. The molecule has 1 amide bonds. The van der Waals surface area contributed by atoms with Crippen molar-refractivity contribution in [3.05, 3.63) is 29.8 Å². The summed E-state index contributed by atoms with van der Waals surface area (Å²) in [6.07, 6.45) is 4.09. The third kappa shape index (κ3) is 6.83. The summed E-state index contributed by atoms with van der Waals surface area (Å²) in [7, 11) is 0. The minimum absolute atomic E-state index is 0. The molecule has 28 heavy (non-hydrogen) atoms. The van der Waals surface area contributed by atoms with E-state index in [1.54, 1.807) is 0 Å². The summed E-state index contributed by atoms with van der Waals surface area (Å²) < 4.78 is 5.99. The molecule has 2 aliphatic rings. The van der Waals surface area contributed by atoms with Crippen LogP contribution in [-0.2, 0) is 11.3 Å². The van der Waals surface area contributed by atoms with Gasteiger partial charge in [-0.25, -0.2) is 4.99 Å². The van der Waals surface area contributed by atoms with E-state index in [9.17, 15) is 4.79 Å². The van der Waals surface area contributed by atoms with Crippen LogP contribution < -0.4 is 15.4 Å². The first kappa shape index (κ1) is 22.8. The molecule has 6 nitrogen and oxygen atoms in total. The number of aliphatic imine (C=N–C) groups is 1. The monoisotopic (exact) mass is 500 g/mol. The molecule has 1 saturated heterocycles. The molecule has 0 spiro atoms. The number of likely N-dealkylation sites (tertiary alicyclic amines) is 1. The normalized spacial score (nSPS) is 19.1. The Kier molecular flexibility index (Phi) is 9.34. The molecule has 3 rings (SSSR count). The molecule has 1 aliphatic carbocycles. The fourth-order valence-electron chi connectivity index (χ4n) is 3.27. The highest BCUT2D eigenvalue weighted by molar-refractivity contribution is 14.0. The Morgan fingerprint density at radius 2 is 2.04 bits per heavy atom. The number of carbonyl (C=O) groups excluding carboxylic acids is 1. The predicted octanol–water partition coefficient (Wildman–Crippen LogP) is 3.16. The van der Waals surface area contributed by atoms with Gasteiger partial charge in [0, 0.05) is 37.7 Å². The van der Waals surface area contributed by atoms with Crippen LogP contribution in [0.1, 0.15) is 45.1 Å². The van der Waals surface area contributed by atoms with Gasteiger partial charge in [-0.05, 0) is 38.2 Å². The van der Waals surface area contributed by atoms with Crippen molar-refractivity contribution in [1.82, 2.24) is 15.5 Å². The molecule has 1 aliphatic heterocycles. The van der Waals surface area contributed by atoms with Crippen molar-refractivity contribution in [2.75, 3.05) is 26.2 Å². The lowest BCUT2D eigenvalue weighted by atomic mass is 10.2. The van der Waals surface area contributed by atoms with Gasteiger partial charge >= 0.3 is 0 Å². The van der Waals surface area contributed by atoms with Gasteiger partial charge < -0.3 is 20.3 Å². The van der Waals surface area contributed by atoms with Gasteiger partial charge in [0.25, 0.3) is 0 Å². The van der Waals surface area contributed by atoms with Crippen molar-refractivity contribution >= 4 is 35.8 Å². The van der Waals surface area contributed by atoms with Gasteiger partial charge in [0.2, 0.25) is 5.91 Å². The molecule has 0 bridgehead atoms. The van der Waals surface area contributed by atoms with Crippen LogP contribution in [0.2, 0.25) is 0 Å². The fourth-order valence-corrected chi connectivity index (χ4v) is 3.27. The smallest absolute Gasteiger partial charge is 0.222 e. The lowest BCUT2D eigenvalue weighted by Crippen LogP contribution is -2.45. The van der Waals surface area contributed by atoms with Crippen LogP contribution in [-0.4, -0.2) is 49.0 Å². The molecule has 1 heterocycles. The highest BCUT2D eigenvalue weighted by Gasteiger charge is 2.26. The molecule has 1 unspecified atom stereocenters. The molecule has 1 atom stereocenters. The lowest BCUT2D eigenvalue weighted by molar-refractivity contribution is -0.129. The van der Waals surface area contributed by atoms with Crippen LogP contribution in [0.4, 0.5) is 0 Å². The maximum Gasteiger partial charge on any atom is 0.222 e. The first-order chi connectivity index (χ1) is 13.2. The van der Waals surface area contributed by atoms with Gasteiger partial charge in [-0.1, -0.05) is 25.1 Å². The van der Waals surface area contributed by atoms with Crippen LogP contribution >= 0.6 is 24.0 Å². The number of rotatable bonds is 8. The quantitative estimate of drug-likeness (QED) is 0.327. The second kappa shape index (κ2) is 11.5. The summed E-state index contributed by atoms with van der Waals surface area (Å²) >= 11 is 0. The molecule has 156 valence electrons. The zero-order valence-corrected chi connectivity index (χ0v) is 19.3. The Labute approximate surface area is 185 Å².